The molecule has 1 amide bonds. The van der Waals surface area contributed by atoms with Gasteiger partial charge >= 0.3 is 5.97 Å². The summed E-state index contributed by atoms with van der Waals surface area (Å²) in [5, 5.41) is 2.87. The fourth-order valence-corrected chi connectivity index (χ4v) is 2.99. The van der Waals surface area contributed by atoms with Gasteiger partial charge in [0.25, 0.3) is 5.91 Å². The number of anilines is 1. The Morgan fingerprint density at radius 2 is 1.81 bits per heavy atom. The molecule has 2 rings (SSSR count). The first kappa shape index (κ1) is 24.0. The van der Waals surface area contributed by atoms with E-state index in [1.807, 2.05) is 31.2 Å². The highest BCUT2D eigenvalue weighted by Gasteiger charge is 2.19. The van der Waals surface area contributed by atoms with E-state index in [-0.39, 0.29) is 5.91 Å². The van der Waals surface area contributed by atoms with Gasteiger partial charge in [-0.05, 0) is 61.6 Å². The molecule has 0 heterocycles. The van der Waals surface area contributed by atoms with Crippen molar-refractivity contribution in [2.24, 2.45) is 0 Å². The number of carbonyl (C=O) groups is 2. The van der Waals surface area contributed by atoms with E-state index in [4.69, 9.17) is 14.2 Å². The number of rotatable bonds is 10. The van der Waals surface area contributed by atoms with E-state index in [0.717, 1.165) is 23.2 Å². The second-order valence-electron chi connectivity index (χ2n) is 7.14. The van der Waals surface area contributed by atoms with Crippen molar-refractivity contribution in [2.75, 3.05) is 19.0 Å². The van der Waals surface area contributed by atoms with Gasteiger partial charge in [-0.3, -0.25) is 4.79 Å². The van der Waals surface area contributed by atoms with Gasteiger partial charge in [0.05, 0.1) is 13.7 Å². The predicted octanol–water partition coefficient (Wildman–Crippen LogP) is 5.19. The van der Waals surface area contributed by atoms with Crippen molar-refractivity contribution in [3.63, 3.8) is 0 Å². The molecule has 0 aromatic heterocycles. The quantitative estimate of drug-likeness (QED) is 0.419. The summed E-state index contributed by atoms with van der Waals surface area (Å²) in [6.45, 7) is 8.17. The summed E-state index contributed by atoms with van der Waals surface area (Å²) in [6, 6.07) is 13.0. The highest BCUT2D eigenvalue weighted by molar-refractivity contribution is 5.97. The van der Waals surface area contributed by atoms with Crippen LogP contribution in [0.1, 0.15) is 51.2 Å². The predicted molar refractivity (Wildman–Crippen MR) is 123 cm³/mol. The lowest BCUT2D eigenvalue weighted by Crippen LogP contribution is -2.29. The maximum atomic E-state index is 12.5. The number of para-hydroxylation sites is 1. The van der Waals surface area contributed by atoms with Crippen molar-refractivity contribution in [3.05, 3.63) is 59.7 Å². The molecule has 2 aromatic carbocycles. The second-order valence-corrected chi connectivity index (χ2v) is 7.14. The number of benzene rings is 2. The number of esters is 1. The van der Waals surface area contributed by atoms with E-state index in [1.165, 1.54) is 6.08 Å². The van der Waals surface area contributed by atoms with Gasteiger partial charge < -0.3 is 19.5 Å². The van der Waals surface area contributed by atoms with Gasteiger partial charge in [-0.1, -0.05) is 38.1 Å². The van der Waals surface area contributed by atoms with Gasteiger partial charge in [-0.2, -0.15) is 0 Å². The van der Waals surface area contributed by atoms with Crippen LogP contribution in [0.2, 0.25) is 0 Å². The Balaban J connectivity index is 1.99. The molecular weight excluding hydrogens is 394 g/mol. The molecule has 166 valence electrons. The van der Waals surface area contributed by atoms with Crippen molar-refractivity contribution < 1.29 is 23.8 Å². The van der Waals surface area contributed by atoms with Gasteiger partial charge in [-0.15, -0.1) is 0 Å². The van der Waals surface area contributed by atoms with Crippen LogP contribution in [-0.2, 0) is 14.3 Å². The van der Waals surface area contributed by atoms with Crippen LogP contribution in [0.5, 0.6) is 11.5 Å². The molecule has 0 unspecified atom stereocenters. The minimum atomic E-state index is -0.933. The normalized spacial score (nSPS) is 12.8. The van der Waals surface area contributed by atoms with Gasteiger partial charge in [0.1, 0.15) is 0 Å². The molecule has 0 bridgehead atoms. The standard InChI is InChI=1S/C25H31NO5/c1-6-17(3)20-10-8-9-11-21(20)26-25(28)18(4)31-24(27)15-13-19-12-14-22(30-7-2)23(16-19)29-5/h8-18H,6-7H2,1-5H3,(H,26,28)/b15-13+/t17-,18+/m0/s1. The first-order chi connectivity index (χ1) is 14.9. The van der Waals surface area contributed by atoms with Crippen molar-refractivity contribution in [2.45, 2.75) is 46.1 Å². The molecule has 6 heteroatoms. The monoisotopic (exact) mass is 425 g/mol. The van der Waals surface area contributed by atoms with Crippen LogP contribution in [-0.4, -0.2) is 31.7 Å². The second kappa shape index (κ2) is 11.8. The molecule has 0 fully saturated rings. The Morgan fingerprint density at radius 1 is 1.06 bits per heavy atom. The zero-order valence-corrected chi connectivity index (χ0v) is 18.8. The van der Waals surface area contributed by atoms with Crippen LogP contribution in [0.4, 0.5) is 5.69 Å². The Bertz CT molecular complexity index is 922. The lowest BCUT2D eigenvalue weighted by Gasteiger charge is -2.17. The maximum Gasteiger partial charge on any atom is 0.331 e. The molecule has 0 aliphatic rings. The molecule has 0 aliphatic carbocycles. The minimum Gasteiger partial charge on any atom is -0.493 e. The van der Waals surface area contributed by atoms with Crippen molar-refractivity contribution in [1.29, 1.82) is 0 Å². The summed E-state index contributed by atoms with van der Waals surface area (Å²) in [6.07, 6.45) is 2.91. The molecule has 0 radical (unpaired) electrons. The highest BCUT2D eigenvalue weighted by Crippen LogP contribution is 2.29. The van der Waals surface area contributed by atoms with Crippen molar-refractivity contribution in [1.82, 2.24) is 0 Å². The zero-order chi connectivity index (χ0) is 22.8. The number of methoxy groups -OCH3 is 1. The topological polar surface area (TPSA) is 73.9 Å². The molecule has 1 N–H and O–H groups in total. The van der Waals surface area contributed by atoms with Crippen molar-refractivity contribution >= 4 is 23.6 Å². The Labute approximate surface area is 184 Å². The largest absolute Gasteiger partial charge is 0.493 e. The summed E-state index contributed by atoms with van der Waals surface area (Å²) >= 11 is 0. The summed E-state index contributed by atoms with van der Waals surface area (Å²) in [5.41, 5.74) is 2.54. The van der Waals surface area contributed by atoms with Crippen LogP contribution in [0, 0.1) is 0 Å². The molecule has 0 saturated heterocycles. The summed E-state index contributed by atoms with van der Waals surface area (Å²) in [4.78, 5) is 24.7. The van der Waals surface area contributed by atoms with E-state index >= 15 is 0 Å². The maximum absolute atomic E-state index is 12.5. The molecule has 0 aliphatic heterocycles. The Morgan fingerprint density at radius 3 is 2.48 bits per heavy atom. The molecule has 0 spiro atoms. The number of hydrogen-bond donors (Lipinski definition) is 1. The van der Waals surface area contributed by atoms with E-state index in [0.29, 0.717) is 24.0 Å². The number of amides is 1. The van der Waals surface area contributed by atoms with Gasteiger partial charge in [0.15, 0.2) is 17.6 Å². The summed E-state index contributed by atoms with van der Waals surface area (Å²) in [5.74, 6) is 0.534. The van der Waals surface area contributed by atoms with E-state index < -0.39 is 12.1 Å². The number of nitrogens with one attached hydrogen (secondary N) is 1. The fourth-order valence-electron chi connectivity index (χ4n) is 2.99. The van der Waals surface area contributed by atoms with Gasteiger partial charge in [0, 0.05) is 11.8 Å². The zero-order valence-electron chi connectivity index (χ0n) is 18.8. The summed E-state index contributed by atoms with van der Waals surface area (Å²) < 4.78 is 16.0. The molecule has 6 nitrogen and oxygen atoms in total. The fraction of sp³-hybridized carbons (Fsp3) is 0.360. The first-order valence-electron chi connectivity index (χ1n) is 10.5. The number of ether oxygens (including phenoxy) is 3. The van der Waals surface area contributed by atoms with Crippen molar-refractivity contribution in [3.8, 4) is 11.5 Å². The lowest BCUT2D eigenvalue weighted by atomic mass is 9.97. The van der Waals surface area contributed by atoms with E-state index in [9.17, 15) is 9.59 Å². The molecule has 2 aromatic rings. The third-order valence-corrected chi connectivity index (χ3v) is 4.92. The Kier molecular flexibility index (Phi) is 9.13. The van der Waals surface area contributed by atoms with Crippen LogP contribution in [0.25, 0.3) is 6.08 Å². The van der Waals surface area contributed by atoms with Crippen LogP contribution < -0.4 is 14.8 Å². The molecule has 31 heavy (non-hydrogen) atoms. The average molecular weight is 426 g/mol. The third-order valence-electron chi connectivity index (χ3n) is 4.92. The van der Waals surface area contributed by atoms with Crippen LogP contribution >= 0.6 is 0 Å². The third kappa shape index (κ3) is 6.88. The van der Waals surface area contributed by atoms with Crippen LogP contribution in [0.3, 0.4) is 0 Å². The van der Waals surface area contributed by atoms with Crippen LogP contribution in [0.15, 0.2) is 48.5 Å². The minimum absolute atomic E-state index is 0.309. The Hall–Kier alpha value is -3.28. The first-order valence-corrected chi connectivity index (χ1v) is 10.5. The van der Waals surface area contributed by atoms with E-state index in [2.05, 4.69) is 19.2 Å². The average Bonchev–Trinajstić information content (AvgIpc) is 2.78. The summed E-state index contributed by atoms with van der Waals surface area (Å²) in [7, 11) is 1.55. The molecule has 0 saturated carbocycles. The SMILES string of the molecule is CCOc1ccc(/C=C/C(=O)O[C@H](C)C(=O)Nc2ccccc2[C@@H](C)CC)cc1OC. The van der Waals surface area contributed by atoms with E-state index in [1.54, 1.807) is 38.3 Å². The number of hydrogen-bond acceptors (Lipinski definition) is 5. The smallest absolute Gasteiger partial charge is 0.331 e. The molecular formula is C25H31NO5. The highest BCUT2D eigenvalue weighted by atomic mass is 16.5. The van der Waals surface area contributed by atoms with Gasteiger partial charge in [0.2, 0.25) is 0 Å². The molecule has 2 atom stereocenters. The lowest BCUT2D eigenvalue weighted by molar-refractivity contribution is -0.148. The van der Waals surface area contributed by atoms with Gasteiger partial charge in [-0.25, -0.2) is 4.79 Å². The number of carbonyl (C=O) groups excluding carboxylic acids is 2.